The largest absolute Gasteiger partial charge is 0.300 e. The minimum absolute atomic E-state index is 0.0688. The molecule has 6 heteroatoms. The van der Waals surface area contributed by atoms with Crippen LogP contribution in [0, 0.1) is 5.82 Å². The Morgan fingerprint density at radius 2 is 1.62 bits per heavy atom. The predicted octanol–water partition coefficient (Wildman–Crippen LogP) is 3.15. The molecule has 24 heavy (non-hydrogen) atoms. The van der Waals surface area contributed by atoms with Crippen LogP contribution in [0.2, 0.25) is 0 Å². The second-order valence-corrected chi connectivity index (χ2v) is 7.33. The highest BCUT2D eigenvalue weighted by Gasteiger charge is 2.14. The number of halogens is 1. The van der Waals surface area contributed by atoms with Crippen molar-refractivity contribution in [2.45, 2.75) is 31.8 Å². The third-order valence-corrected chi connectivity index (χ3v) is 5.30. The van der Waals surface area contributed by atoms with Gasteiger partial charge in [0, 0.05) is 13.1 Å². The molecule has 0 radical (unpaired) electrons. The molecule has 130 valence electrons. The number of sulfonamides is 1. The average molecular weight is 350 g/mol. The van der Waals surface area contributed by atoms with Crippen molar-refractivity contribution in [1.29, 1.82) is 0 Å². The van der Waals surface area contributed by atoms with E-state index in [1.165, 1.54) is 23.8 Å². The molecule has 0 aliphatic heterocycles. The summed E-state index contributed by atoms with van der Waals surface area (Å²) in [5.74, 6) is -0.571. The van der Waals surface area contributed by atoms with Crippen molar-refractivity contribution >= 4 is 10.0 Å². The van der Waals surface area contributed by atoms with E-state index < -0.39 is 15.8 Å². The fourth-order valence-corrected chi connectivity index (χ4v) is 3.41. The summed E-state index contributed by atoms with van der Waals surface area (Å²) in [4.78, 5) is 2.24. The number of nitrogens with zero attached hydrogens (tertiary/aromatic N) is 1. The molecule has 4 nitrogen and oxygen atoms in total. The SMILES string of the molecule is CCN(CC)Cc1ccc(CNS(=O)(=O)c2cccc(F)c2)cc1. The van der Waals surface area contributed by atoms with Crippen molar-refractivity contribution in [3.05, 3.63) is 65.5 Å². The molecule has 2 rings (SSSR count). The van der Waals surface area contributed by atoms with Crippen LogP contribution >= 0.6 is 0 Å². The second kappa shape index (κ2) is 8.37. The molecule has 0 aliphatic rings. The molecule has 2 aromatic rings. The Balaban J connectivity index is 1.99. The molecule has 0 amide bonds. The molecule has 0 fully saturated rings. The van der Waals surface area contributed by atoms with Gasteiger partial charge in [-0.05, 0) is 42.4 Å². The summed E-state index contributed by atoms with van der Waals surface area (Å²) in [6.07, 6.45) is 0. The molecule has 0 aliphatic carbocycles. The van der Waals surface area contributed by atoms with Gasteiger partial charge in [-0.25, -0.2) is 17.5 Å². The van der Waals surface area contributed by atoms with E-state index in [1.54, 1.807) is 0 Å². The fourth-order valence-electron chi connectivity index (χ4n) is 2.36. The van der Waals surface area contributed by atoms with Crippen LogP contribution in [-0.4, -0.2) is 26.4 Å². The van der Waals surface area contributed by atoms with E-state index in [0.29, 0.717) is 0 Å². The molecule has 0 bridgehead atoms. The standard InChI is InChI=1S/C18H23FN2O2S/c1-3-21(4-2)14-16-10-8-15(9-11-16)13-20-24(22,23)18-7-5-6-17(19)12-18/h5-12,20H,3-4,13-14H2,1-2H3. The van der Waals surface area contributed by atoms with Crippen molar-refractivity contribution in [2.24, 2.45) is 0 Å². The quantitative estimate of drug-likeness (QED) is 0.796. The van der Waals surface area contributed by atoms with E-state index >= 15 is 0 Å². The maximum atomic E-state index is 13.2. The van der Waals surface area contributed by atoms with Crippen molar-refractivity contribution in [2.75, 3.05) is 13.1 Å². The van der Waals surface area contributed by atoms with E-state index in [2.05, 4.69) is 23.5 Å². The van der Waals surface area contributed by atoms with Gasteiger partial charge in [-0.15, -0.1) is 0 Å². The smallest absolute Gasteiger partial charge is 0.240 e. The van der Waals surface area contributed by atoms with Crippen LogP contribution in [0.4, 0.5) is 4.39 Å². The average Bonchev–Trinajstić information content (AvgIpc) is 2.59. The van der Waals surface area contributed by atoms with Gasteiger partial charge in [0.2, 0.25) is 10.0 Å². The van der Waals surface area contributed by atoms with Crippen LogP contribution in [0.1, 0.15) is 25.0 Å². The van der Waals surface area contributed by atoms with Crippen LogP contribution in [0.25, 0.3) is 0 Å². The van der Waals surface area contributed by atoms with Crippen LogP contribution in [0.15, 0.2) is 53.4 Å². The van der Waals surface area contributed by atoms with Crippen molar-refractivity contribution in [3.8, 4) is 0 Å². The predicted molar refractivity (Wildman–Crippen MR) is 93.5 cm³/mol. The van der Waals surface area contributed by atoms with Gasteiger partial charge in [-0.1, -0.05) is 44.2 Å². The van der Waals surface area contributed by atoms with Crippen LogP contribution in [0.5, 0.6) is 0 Å². The number of nitrogens with one attached hydrogen (secondary N) is 1. The van der Waals surface area contributed by atoms with Gasteiger partial charge in [0.1, 0.15) is 5.82 Å². The second-order valence-electron chi connectivity index (χ2n) is 5.56. The summed E-state index contributed by atoms with van der Waals surface area (Å²) in [6.45, 7) is 7.28. The first-order valence-corrected chi connectivity index (χ1v) is 9.48. The molecule has 0 spiro atoms. The van der Waals surface area contributed by atoms with E-state index in [1.807, 2.05) is 24.3 Å². The normalized spacial score (nSPS) is 11.8. The Hall–Kier alpha value is -1.76. The Morgan fingerprint density at radius 3 is 2.21 bits per heavy atom. The third-order valence-electron chi connectivity index (χ3n) is 3.90. The highest BCUT2D eigenvalue weighted by molar-refractivity contribution is 7.89. The zero-order chi connectivity index (χ0) is 17.6. The number of rotatable bonds is 8. The lowest BCUT2D eigenvalue weighted by molar-refractivity contribution is 0.296. The number of hydrogen-bond acceptors (Lipinski definition) is 3. The lowest BCUT2D eigenvalue weighted by Gasteiger charge is -2.18. The molecule has 0 aromatic heterocycles. The molecular weight excluding hydrogens is 327 g/mol. The number of benzene rings is 2. The Labute approximate surface area is 143 Å². The molecular formula is C18H23FN2O2S. The molecule has 2 aromatic carbocycles. The maximum Gasteiger partial charge on any atom is 0.240 e. The van der Waals surface area contributed by atoms with E-state index in [0.717, 1.165) is 31.3 Å². The summed E-state index contributed by atoms with van der Waals surface area (Å²) >= 11 is 0. The first-order chi connectivity index (χ1) is 11.4. The molecule has 0 saturated carbocycles. The van der Waals surface area contributed by atoms with E-state index in [-0.39, 0.29) is 11.4 Å². The Bertz CT molecular complexity index is 757. The maximum absolute atomic E-state index is 13.2. The van der Waals surface area contributed by atoms with Crippen LogP contribution in [0.3, 0.4) is 0 Å². The van der Waals surface area contributed by atoms with Crippen LogP contribution < -0.4 is 4.72 Å². The lowest BCUT2D eigenvalue weighted by atomic mass is 10.1. The van der Waals surface area contributed by atoms with Crippen molar-refractivity contribution in [3.63, 3.8) is 0 Å². The Morgan fingerprint density at radius 1 is 1.00 bits per heavy atom. The van der Waals surface area contributed by atoms with Gasteiger partial charge in [-0.3, -0.25) is 4.90 Å². The van der Waals surface area contributed by atoms with Crippen LogP contribution in [-0.2, 0) is 23.1 Å². The molecule has 1 N–H and O–H groups in total. The zero-order valence-corrected chi connectivity index (χ0v) is 14.8. The molecule has 0 saturated heterocycles. The van der Waals surface area contributed by atoms with Crippen molar-refractivity contribution < 1.29 is 12.8 Å². The summed E-state index contributed by atoms with van der Waals surface area (Å²) in [5, 5.41) is 0. The van der Waals surface area contributed by atoms with Gasteiger partial charge in [-0.2, -0.15) is 0 Å². The highest BCUT2D eigenvalue weighted by atomic mass is 32.2. The minimum Gasteiger partial charge on any atom is -0.300 e. The monoisotopic (exact) mass is 350 g/mol. The topological polar surface area (TPSA) is 49.4 Å². The first-order valence-electron chi connectivity index (χ1n) is 8.00. The summed E-state index contributed by atoms with van der Waals surface area (Å²) in [6, 6.07) is 12.8. The van der Waals surface area contributed by atoms with Gasteiger partial charge in [0.05, 0.1) is 4.90 Å². The lowest BCUT2D eigenvalue weighted by Crippen LogP contribution is -2.23. The molecule has 0 unspecified atom stereocenters. The fraction of sp³-hybridized carbons (Fsp3) is 0.333. The van der Waals surface area contributed by atoms with Crippen molar-refractivity contribution in [1.82, 2.24) is 9.62 Å². The summed E-state index contributed by atoms with van der Waals surface area (Å²) < 4.78 is 40.0. The summed E-state index contributed by atoms with van der Waals surface area (Å²) in [5.41, 5.74) is 2.05. The number of hydrogen-bond donors (Lipinski definition) is 1. The molecule has 0 atom stereocenters. The van der Waals surface area contributed by atoms with E-state index in [9.17, 15) is 12.8 Å². The molecule has 0 heterocycles. The highest BCUT2D eigenvalue weighted by Crippen LogP contribution is 2.12. The zero-order valence-electron chi connectivity index (χ0n) is 14.0. The summed E-state index contributed by atoms with van der Waals surface area (Å²) in [7, 11) is -3.72. The minimum atomic E-state index is -3.72. The van der Waals surface area contributed by atoms with Gasteiger partial charge in [0.25, 0.3) is 0 Å². The van der Waals surface area contributed by atoms with Gasteiger partial charge >= 0.3 is 0 Å². The third kappa shape index (κ3) is 5.12. The van der Waals surface area contributed by atoms with E-state index in [4.69, 9.17) is 0 Å². The Kier molecular flexibility index (Phi) is 6.48. The first kappa shape index (κ1) is 18.6. The van der Waals surface area contributed by atoms with Gasteiger partial charge in [0.15, 0.2) is 0 Å². The van der Waals surface area contributed by atoms with Gasteiger partial charge < -0.3 is 0 Å².